The van der Waals surface area contributed by atoms with Gasteiger partial charge in [0.2, 0.25) is 10.0 Å². The van der Waals surface area contributed by atoms with Gasteiger partial charge in [-0.3, -0.25) is 4.98 Å². The molecule has 2 N–H and O–H groups in total. The maximum absolute atomic E-state index is 11.5. The zero-order chi connectivity index (χ0) is 17.7. The van der Waals surface area contributed by atoms with E-state index in [9.17, 15) is 8.42 Å². The minimum atomic E-state index is -3.66. The summed E-state index contributed by atoms with van der Waals surface area (Å²) >= 11 is 0. The van der Waals surface area contributed by atoms with Crippen molar-refractivity contribution in [3.05, 3.63) is 59.4 Å². The fraction of sp³-hybridized carbons (Fsp3) is 0.350. The van der Waals surface area contributed by atoms with Gasteiger partial charge < -0.3 is 0 Å². The van der Waals surface area contributed by atoms with Gasteiger partial charge in [-0.05, 0) is 78.5 Å². The standard InChI is InChI=1S/C20H22N2O2S/c1-14-3-4-16(13-22-14)19-12-20(9-2-10-20)11-18(19)15-5-7-17(8-6-15)25(21,23)24/h3-8,13H,2,9-12H2,1H3,(H2,21,23,24). The lowest BCUT2D eigenvalue weighted by molar-refractivity contribution is 0.157. The summed E-state index contributed by atoms with van der Waals surface area (Å²) in [6, 6.07) is 11.2. The Morgan fingerprint density at radius 1 is 0.960 bits per heavy atom. The van der Waals surface area contributed by atoms with Crippen LogP contribution in [0.3, 0.4) is 0 Å². The van der Waals surface area contributed by atoms with Crippen molar-refractivity contribution in [1.82, 2.24) is 4.98 Å². The summed E-state index contributed by atoms with van der Waals surface area (Å²) in [4.78, 5) is 4.62. The number of hydrogen-bond acceptors (Lipinski definition) is 3. The highest BCUT2D eigenvalue weighted by Gasteiger charge is 2.43. The molecule has 0 saturated heterocycles. The Hall–Kier alpha value is -1.98. The first-order valence-electron chi connectivity index (χ1n) is 8.65. The van der Waals surface area contributed by atoms with Gasteiger partial charge in [0, 0.05) is 11.9 Å². The average Bonchev–Trinajstić information content (AvgIpc) is 2.96. The lowest BCUT2D eigenvalue weighted by Crippen LogP contribution is -2.26. The Bertz CT molecular complexity index is 938. The van der Waals surface area contributed by atoms with E-state index in [1.807, 2.05) is 25.3 Å². The quantitative estimate of drug-likeness (QED) is 0.908. The Labute approximate surface area is 148 Å². The SMILES string of the molecule is Cc1ccc(C2=C(c3ccc(S(N)(=O)=O)cc3)CC3(CCC3)C2)cn1. The molecule has 1 fully saturated rings. The Morgan fingerprint density at radius 2 is 1.56 bits per heavy atom. The van der Waals surface area contributed by atoms with E-state index in [4.69, 9.17) is 5.14 Å². The first-order chi connectivity index (χ1) is 11.9. The molecule has 2 aliphatic rings. The summed E-state index contributed by atoms with van der Waals surface area (Å²) in [5, 5.41) is 5.22. The van der Waals surface area contributed by atoms with Gasteiger partial charge in [0.05, 0.1) is 4.90 Å². The van der Waals surface area contributed by atoms with Crippen molar-refractivity contribution in [2.75, 3.05) is 0 Å². The van der Waals surface area contributed by atoms with Crippen molar-refractivity contribution < 1.29 is 8.42 Å². The van der Waals surface area contributed by atoms with Crippen molar-refractivity contribution in [2.45, 2.75) is 43.9 Å². The molecule has 2 aliphatic carbocycles. The second-order valence-corrected chi connectivity index (χ2v) is 8.98. The number of hydrogen-bond donors (Lipinski definition) is 1. The second kappa shape index (κ2) is 5.78. The third-order valence-corrected chi connectivity index (χ3v) is 6.60. The van der Waals surface area contributed by atoms with Crippen molar-refractivity contribution in [3.63, 3.8) is 0 Å². The third-order valence-electron chi connectivity index (χ3n) is 5.67. The van der Waals surface area contributed by atoms with Gasteiger partial charge in [-0.15, -0.1) is 0 Å². The van der Waals surface area contributed by atoms with Gasteiger partial charge in [0.15, 0.2) is 0 Å². The van der Waals surface area contributed by atoms with E-state index in [1.165, 1.54) is 36.0 Å². The van der Waals surface area contributed by atoms with Crippen LogP contribution in [0.1, 0.15) is 48.9 Å². The minimum Gasteiger partial charge on any atom is -0.261 e. The highest BCUT2D eigenvalue weighted by molar-refractivity contribution is 7.89. The van der Waals surface area contributed by atoms with Crippen molar-refractivity contribution in [1.29, 1.82) is 0 Å². The Kier molecular flexibility index (Phi) is 3.81. The normalized spacial score (nSPS) is 19.3. The average molecular weight is 354 g/mol. The molecule has 5 heteroatoms. The molecule has 2 aromatic rings. The number of primary sulfonamides is 1. The van der Waals surface area contributed by atoms with Gasteiger partial charge >= 0.3 is 0 Å². The molecule has 130 valence electrons. The fourth-order valence-electron chi connectivity index (χ4n) is 4.10. The monoisotopic (exact) mass is 354 g/mol. The van der Waals surface area contributed by atoms with Crippen LogP contribution in [0.25, 0.3) is 11.1 Å². The van der Waals surface area contributed by atoms with Crippen LogP contribution < -0.4 is 5.14 Å². The summed E-state index contributed by atoms with van der Waals surface area (Å²) in [7, 11) is -3.66. The number of aryl methyl sites for hydroxylation is 1. The van der Waals surface area contributed by atoms with Crippen LogP contribution in [-0.4, -0.2) is 13.4 Å². The Morgan fingerprint density at radius 3 is 2.04 bits per heavy atom. The van der Waals surface area contributed by atoms with Crippen LogP contribution >= 0.6 is 0 Å². The van der Waals surface area contributed by atoms with Crippen LogP contribution in [0.4, 0.5) is 0 Å². The van der Waals surface area contributed by atoms with Crippen LogP contribution in [0.15, 0.2) is 47.5 Å². The molecule has 25 heavy (non-hydrogen) atoms. The van der Waals surface area contributed by atoms with Gasteiger partial charge in [-0.1, -0.05) is 24.6 Å². The van der Waals surface area contributed by atoms with E-state index < -0.39 is 10.0 Å². The first kappa shape index (κ1) is 16.5. The number of aromatic nitrogens is 1. The molecule has 4 nitrogen and oxygen atoms in total. The molecule has 0 unspecified atom stereocenters. The van der Waals surface area contributed by atoms with E-state index in [1.54, 1.807) is 12.1 Å². The van der Waals surface area contributed by atoms with Gasteiger partial charge in [0.1, 0.15) is 0 Å². The molecular formula is C20H22N2O2S. The highest BCUT2D eigenvalue weighted by Crippen LogP contribution is 2.59. The summed E-state index contributed by atoms with van der Waals surface area (Å²) in [5.41, 5.74) is 6.36. The zero-order valence-corrected chi connectivity index (χ0v) is 15.1. The number of allylic oxidation sites excluding steroid dienone is 2. The summed E-state index contributed by atoms with van der Waals surface area (Å²) in [5.74, 6) is 0. The lowest BCUT2D eigenvalue weighted by Gasteiger charge is -2.39. The maximum Gasteiger partial charge on any atom is 0.238 e. The van der Waals surface area contributed by atoms with Crippen molar-refractivity contribution in [3.8, 4) is 0 Å². The van der Waals surface area contributed by atoms with Crippen LogP contribution in [0.2, 0.25) is 0 Å². The number of sulfonamides is 1. The summed E-state index contributed by atoms with van der Waals surface area (Å²) in [6.45, 7) is 1.99. The number of rotatable bonds is 3. The van der Waals surface area contributed by atoms with E-state index in [2.05, 4.69) is 17.1 Å². The second-order valence-electron chi connectivity index (χ2n) is 7.42. The minimum absolute atomic E-state index is 0.159. The predicted octanol–water partition coefficient (Wildman–Crippen LogP) is 3.91. The van der Waals surface area contributed by atoms with Crippen molar-refractivity contribution >= 4 is 21.2 Å². The lowest BCUT2D eigenvalue weighted by atomic mass is 9.66. The number of pyridine rings is 1. The molecule has 0 amide bonds. The third kappa shape index (κ3) is 3.02. The molecule has 1 saturated carbocycles. The molecule has 1 spiro atoms. The maximum atomic E-state index is 11.5. The number of benzene rings is 1. The van der Waals surface area contributed by atoms with Gasteiger partial charge in [-0.25, -0.2) is 13.6 Å². The fourth-order valence-corrected chi connectivity index (χ4v) is 4.62. The van der Waals surface area contributed by atoms with Crippen LogP contribution in [-0.2, 0) is 10.0 Å². The Balaban J connectivity index is 1.77. The highest BCUT2D eigenvalue weighted by atomic mass is 32.2. The molecule has 1 aromatic carbocycles. The molecule has 1 heterocycles. The van der Waals surface area contributed by atoms with Gasteiger partial charge in [-0.2, -0.15) is 0 Å². The number of nitrogens with two attached hydrogens (primary N) is 1. The summed E-state index contributed by atoms with van der Waals surface area (Å²) < 4.78 is 23.0. The van der Waals surface area contributed by atoms with Crippen LogP contribution in [0.5, 0.6) is 0 Å². The van der Waals surface area contributed by atoms with E-state index in [-0.39, 0.29) is 4.90 Å². The molecular weight excluding hydrogens is 332 g/mol. The largest absolute Gasteiger partial charge is 0.261 e. The molecule has 0 bridgehead atoms. The molecule has 0 aliphatic heterocycles. The van der Waals surface area contributed by atoms with E-state index in [0.717, 1.165) is 24.1 Å². The van der Waals surface area contributed by atoms with Gasteiger partial charge in [0.25, 0.3) is 0 Å². The smallest absolute Gasteiger partial charge is 0.238 e. The topological polar surface area (TPSA) is 73.1 Å². The summed E-state index contributed by atoms with van der Waals surface area (Å²) in [6.07, 6.45) is 7.95. The first-order valence-corrected chi connectivity index (χ1v) is 10.2. The molecule has 0 atom stereocenters. The zero-order valence-electron chi connectivity index (χ0n) is 14.3. The molecule has 4 rings (SSSR count). The molecule has 1 aromatic heterocycles. The van der Waals surface area contributed by atoms with E-state index in [0.29, 0.717) is 5.41 Å². The molecule has 0 radical (unpaired) electrons. The van der Waals surface area contributed by atoms with E-state index >= 15 is 0 Å². The predicted molar refractivity (Wildman–Crippen MR) is 99.1 cm³/mol. The van der Waals surface area contributed by atoms with Crippen molar-refractivity contribution in [2.24, 2.45) is 10.6 Å². The number of nitrogens with zero attached hydrogens (tertiary/aromatic N) is 1. The van der Waals surface area contributed by atoms with Crippen LogP contribution in [0, 0.1) is 12.3 Å².